The van der Waals surface area contributed by atoms with Crippen LogP contribution in [-0.2, 0) is 15.8 Å². The Morgan fingerprint density at radius 1 is 1.00 bits per heavy atom. The van der Waals surface area contributed by atoms with Gasteiger partial charge in [0.05, 0.1) is 5.75 Å². The van der Waals surface area contributed by atoms with E-state index < -0.39 is 10.0 Å². The molecule has 0 amide bonds. The highest BCUT2D eigenvalue weighted by Gasteiger charge is 2.12. The molecule has 0 aromatic heterocycles. The SMILES string of the molecule is Cc1ccc(NS(=O)(=O)Cc2ccc(Cl)cc2)cc1C. The van der Waals surface area contributed by atoms with Gasteiger partial charge in [-0.15, -0.1) is 0 Å². The molecule has 0 aliphatic carbocycles. The molecule has 5 heteroatoms. The number of nitrogens with one attached hydrogen (secondary N) is 1. The second-order valence-electron chi connectivity index (χ2n) is 4.79. The van der Waals surface area contributed by atoms with Crippen LogP contribution in [-0.4, -0.2) is 8.42 Å². The molecule has 0 aliphatic heterocycles. The molecule has 0 unspecified atom stereocenters. The predicted octanol–water partition coefficient (Wildman–Crippen LogP) is 3.90. The highest BCUT2D eigenvalue weighted by molar-refractivity contribution is 7.91. The molecule has 0 heterocycles. The van der Waals surface area contributed by atoms with Gasteiger partial charge in [0.1, 0.15) is 0 Å². The van der Waals surface area contributed by atoms with Crippen LogP contribution in [0, 0.1) is 13.8 Å². The van der Waals surface area contributed by atoms with E-state index in [4.69, 9.17) is 11.6 Å². The molecular weight excluding hydrogens is 294 g/mol. The lowest BCUT2D eigenvalue weighted by Crippen LogP contribution is -2.15. The van der Waals surface area contributed by atoms with E-state index in [0.29, 0.717) is 16.3 Å². The van der Waals surface area contributed by atoms with Crippen molar-refractivity contribution in [1.82, 2.24) is 0 Å². The van der Waals surface area contributed by atoms with Gasteiger partial charge in [0, 0.05) is 10.7 Å². The summed E-state index contributed by atoms with van der Waals surface area (Å²) in [5.74, 6) is -0.0723. The summed E-state index contributed by atoms with van der Waals surface area (Å²) >= 11 is 5.78. The molecule has 106 valence electrons. The van der Waals surface area contributed by atoms with E-state index in [9.17, 15) is 8.42 Å². The zero-order valence-electron chi connectivity index (χ0n) is 11.4. The number of rotatable bonds is 4. The third kappa shape index (κ3) is 3.99. The van der Waals surface area contributed by atoms with Crippen LogP contribution >= 0.6 is 11.6 Å². The molecule has 0 radical (unpaired) electrons. The molecule has 3 nitrogen and oxygen atoms in total. The van der Waals surface area contributed by atoms with Gasteiger partial charge in [-0.1, -0.05) is 29.8 Å². The molecule has 0 bridgehead atoms. The first kappa shape index (κ1) is 14.9. The lowest BCUT2D eigenvalue weighted by atomic mass is 10.1. The zero-order valence-corrected chi connectivity index (χ0v) is 12.9. The summed E-state index contributed by atoms with van der Waals surface area (Å²) in [6, 6.07) is 12.3. The largest absolute Gasteiger partial charge is 0.283 e. The lowest BCUT2D eigenvalue weighted by Gasteiger charge is -2.10. The van der Waals surface area contributed by atoms with Crippen molar-refractivity contribution < 1.29 is 8.42 Å². The minimum absolute atomic E-state index is 0.0723. The Morgan fingerprint density at radius 3 is 2.25 bits per heavy atom. The van der Waals surface area contributed by atoms with E-state index in [-0.39, 0.29) is 5.75 Å². The number of hydrogen-bond donors (Lipinski definition) is 1. The fourth-order valence-electron chi connectivity index (χ4n) is 1.82. The van der Waals surface area contributed by atoms with Crippen LogP contribution < -0.4 is 4.72 Å². The Morgan fingerprint density at radius 2 is 1.65 bits per heavy atom. The van der Waals surface area contributed by atoms with E-state index in [2.05, 4.69) is 4.72 Å². The Balaban J connectivity index is 2.14. The van der Waals surface area contributed by atoms with Gasteiger partial charge < -0.3 is 0 Å². The number of halogens is 1. The summed E-state index contributed by atoms with van der Waals surface area (Å²) in [5.41, 5.74) is 3.47. The van der Waals surface area contributed by atoms with Crippen molar-refractivity contribution in [2.24, 2.45) is 0 Å². The van der Waals surface area contributed by atoms with Gasteiger partial charge in [0.15, 0.2) is 0 Å². The van der Waals surface area contributed by atoms with Crippen LogP contribution in [0.25, 0.3) is 0 Å². The smallest absolute Gasteiger partial charge is 0.236 e. The quantitative estimate of drug-likeness (QED) is 0.931. The van der Waals surface area contributed by atoms with Crippen LogP contribution in [0.5, 0.6) is 0 Å². The third-order valence-electron chi connectivity index (χ3n) is 3.05. The van der Waals surface area contributed by atoms with Crippen LogP contribution in [0.3, 0.4) is 0 Å². The van der Waals surface area contributed by atoms with Crippen molar-refractivity contribution >= 4 is 27.3 Å². The van der Waals surface area contributed by atoms with E-state index >= 15 is 0 Å². The highest BCUT2D eigenvalue weighted by Crippen LogP contribution is 2.18. The first-order valence-corrected chi connectivity index (χ1v) is 8.21. The Bertz CT molecular complexity index is 709. The lowest BCUT2D eigenvalue weighted by molar-refractivity contribution is 0.600. The number of sulfonamides is 1. The van der Waals surface area contributed by atoms with Crippen molar-refractivity contribution in [3.05, 3.63) is 64.2 Å². The summed E-state index contributed by atoms with van der Waals surface area (Å²) in [6.07, 6.45) is 0. The average molecular weight is 310 g/mol. The van der Waals surface area contributed by atoms with Gasteiger partial charge in [-0.25, -0.2) is 8.42 Å². The number of hydrogen-bond acceptors (Lipinski definition) is 2. The normalized spacial score (nSPS) is 11.3. The summed E-state index contributed by atoms with van der Waals surface area (Å²) < 4.78 is 26.8. The standard InChI is InChI=1S/C15H16ClNO2S/c1-11-3-8-15(9-12(11)2)17-20(18,19)10-13-4-6-14(16)7-5-13/h3-9,17H,10H2,1-2H3. The first-order valence-electron chi connectivity index (χ1n) is 6.18. The molecule has 0 fully saturated rings. The van der Waals surface area contributed by atoms with Crippen LogP contribution in [0.1, 0.15) is 16.7 Å². The van der Waals surface area contributed by atoms with Crippen LogP contribution in [0.15, 0.2) is 42.5 Å². The van der Waals surface area contributed by atoms with Crippen LogP contribution in [0.2, 0.25) is 5.02 Å². The Kier molecular flexibility index (Phi) is 4.35. The fourth-order valence-corrected chi connectivity index (χ4v) is 3.14. The maximum Gasteiger partial charge on any atom is 0.236 e. The molecule has 0 aliphatic rings. The molecular formula is C15H16ClNO2S. The van der Waals surface area contributed by atoms with Crippen molar-refractivity contribution in [2.75, 3.05) is 4.72 Å². The number of anilines is 1. The summed E-state index contributed by atoms with van der Waals surface area (Å²) in [5, 5.41) is 0.591. The molecule has 0 atom stereocenters. The predicted molar refractivity (Wildman–Crippen MR) is 83.6 cm³/mol. The molecule has 1 N–H and O–H groups in total. The van der Waals surface area contributed by atoms with E-state index in [0.717, 1.165) is 11.1 Å². The minimum atomic E-state index is -3.42. The zero-order chi connectivity index (χ0) is 14.8. The summed E-state index contributed by atoms with van der Waals surface area (Å²) in [6.45, 7) is 3.94. The van der Waals surface area contributed by atoms with Gasteiger partial charge in [-0.3, -0.25) is 4.72 Å². The van der Waals surface area contributed by atoms with Crippen LogP contribution in [0.4, 0.5) is 5.69 Å². The van der Waals surface area contributed by atoms with E-state index in [1.54, 1.807) is 30.3 Å². The Hall–Kier alpha value is -1.52. The van der Waals surface area contributed by atoms with Gasteiger partial charge in [-0.05, 0) is 54.8 Å². The third-order valence-corrected chi connectivity index (χ3v) is 4.56. The van der Waals surface area contributed by atoms with Crippen molar-refractivity contribution in [1.29, 1.82) is 0 Å². The second kappa shape index (κ2) is 5.85. The average Bonchev–Trinajstić information content (AvgIpc) is 2.36. The maximum atomic E-state index is 12.1. The number of benzene rings is 2. The van der Waals surface area contributed by atoms with Gasteiger partial charge in [0.25, 0.3) is 0 Å². The summed E-state index contributed by atoms with van der Waals surface area (Å²) in [7, 11) is -3.42. The fraction of sp³-hybridized carbons (Fsp3) is 0.200. The maximum absolute atomic E-state index is 12.1. The van der Waals surface area contributed by atoms with Gasteiger partial charge in [-0.2, -0.15) is 0 Å². The molecule has 0 saturated heterocycles. The Labute approximate surface area is 124 Å². The molecule has 2 rings (SSSR count). The monoisotopic (exact) mass is 309 g/mol. The second-order valence-corrected chi connectivity index (χ2v) is 6.95. The van der Waals surface area contributed by atoms with Gasteiger partial charge in [0.2, 0.25) is 10.0 Å². The minimum Gasteiger partial charge on any atom is -0.283 e. The molecule has 0 saturated carbocycles. The first-order chi connectivity index (χ1) is 9.35. The van der Waals surface area contributed by atoms with Crippen molar-refractivity contribution in [3.63, 3.8) is 0 Å². The molecule has 20 heavy (non-hydrogen) atoms. The number of aryl methyl sites for hydroxylation is 2. The van der Waals surface area contributed by atoms with Gasteiger partial charge >= 0.3 is 0 Å². The summed E-state index contributed by atoms with van der Waals surface area (Å²) in [4.78, 5) is 0. The molecule has 0 spiro atoms. The van der Waals surface area contributed by atoms with E-state index in [1.807, 2.05) is 26.0 Å². The van der Waals surface area contributed by atoms with Crippen molar-refractivity contribution in [2.45, 2.75) is 19.6 Å². The van der Waals surface area contributed by atoms with E-state index in [1.165, 1.54) is 0 Å². The highest BCUT2D eigenvalue weighted by atomic mass is 35.5. The molecule has 2 aromatic carbocycles. The van der Waals surface area contributed by atoms with Crippen molar-refractivity contribution in [3.8, 4) is 0 Å². The topological polar surface area (TPSA) is 46.2 Å². The molecule has 2 aromatic rings.